The van der Waals surface area contributed by atoms with E-state index in [0.717, 1.165) is 28.1 Å². The summed E-state index contributed by atoms with van der Waals surface area (Å²) >= 11 is 14.2. The van der Waals surface area contributed by atoms with E-state index < -0.39 is 11.9 Å². The molecule has 8 nitrogen and oxygen atoms in total. The zero-order chi connectivity index (χ0) is 29.2. The molecule has 4 aromatic rings. The standard InChI is InChI=1S/C30H31Cl2N5O3S/c1-41-16-13-23-28(21-9-5-14-34-19-21)36-37(22-11-12-24(31)25(32)18-22)30(23)40-15-6-10-27(38)35-26(29(33)39)17-20-7-3-2-4-8-20/h2-5,7-9,11-12,14,18-19,26H,6,10,13,15-17H2,1H3,(H2,33,39)(H,35,38). The molecule has 2 aromatic heterocycles. The first-order valence-electron chi connectivity index (χ1n) is 13.1. The lowest BCUT2D eigenvalue weighted by Crippen LogP contribution is -2.45. The van der Waals surface area contributed by atoms with Gasteiger partial charge in [-0.15, -0.1) is 0 Å². The number of hydrogen-bond donors (Lipinski definition) is 2. The Morgan fingerprint density at radius 2 is 1.90 bits per heavy atom. The molecule has 1 atom stereocenters. The largest absolute Gasteiger partial charge is 0.477 e. The quantitative estimate of drug-likeness (QED) is 0.182. The highest BCUT2D eigenvalue weighted by molar-refractivity contribution is 7.98. The lowest BCUT2D eigenvalue weighted by Gasteiger charge is -2.16. The molecule has 0 bridgehead atoms. The molecule has 0 spiro atoms. The van der Waals surface area contributed by atoms with Crippen molar-refractivity contribution in [1.29, 1.82) is 0 Å². The first kappa shape index (κ1) is 30.4. The highest BCUT2D eigenvalue weighted by atomic mass is 35.5. The molecule has 214 valence electrons. The van der Waals surface area contributed by atoms with Crippen LogP contribution in [0.25, 0.3) is 16.9 Å². The van der Waals surface area contributed by atoms with Gasteiger partial charge in [0.25, 0.3) is 0 Å². The Morgan fingerprint density at radius 1 is 1.10 bits per heavy atom. The zero-order valence-corrected chi connectivity index (χ0v) is 24.9. The Bertz CT molecular complexity index is 1470. The number of aromatic nitrogens is 3. The van der Waals surface area contributed by atoms with Gasteiger partial charge in [0.15, 0.2) is 0 Å². The normalized spacial score (nSPS) is 11.7. The number of amides is 2. The number of hydrogen-bond acceptors (Lipinski definition) is 6. The molecule has 0 saturated carbocycles. The van der Waals surface area contributed by atoms with Crippen LogP contribution in [0.4, 0.5) is 0 Å². The third-order valence-electron chi connectivity index (χ3n) is 6.32. The van der Waals surface area contributed by atoms with E-state index in [2.05, 4.69) is 10.3 Å². The highest BCUT2D eigenvalue weighted by Crippen LogP contribution is 2.35. The van der Waals surface area contributed by atoms with Gasteiger partial charge in [0.2, 0.25) is 17.7 Å². The van der Waals surface area contributed by atoms with Gasteiger partial charge in [-0.2, -0.15) is 16.9 Å². The van der Waals surface area contributed by atoms with E-state index in [-0.39, 0.29) is 18.9 Å². The predicted octanol–water partition coefficient (Wildman–Crippen LogP) is 5.52. The number of thioether (sulfide) groups is 1. The molecule has 0 aliphatic rings. The van der Waals surface area contributed by atoms with Crippen LogP contribution in [0.3, 0.4) is 0 Å². The Morgan fingerprint density at radius 3 is 2.59 bits per heavy atom. The number of carbonyl (C=O) groups excluding carboxylic acids is 2. The molecule has 2 aromatic carbocycles. The van der Waals surface area contributed by atoms with Crippen molar-refractivity contribution >= 4 is 46.8 Å². The van der Waals surface area contributed by atoms with Crippen LogP contribution in [0, 0.1) is 0 Å². The second-order valence-corrected chi connectivity index (χ2v) is 11.1. The average molecular weight is 613 g/mol. The van der Waals surface area contributed by atoms with Gasteiger partial charge in [-0.25, -0.2) is 4.68 Å². The minimum absolute atomic E-state index is 0.162. The Labute approximate surface area is 253 Å². The number of pyridine rings is 1. The molecule has 0 saturated heterocycles. The second-order valence-electron chi connectivity index (χ2n) is 9.29. The maximum Gasteiger partial charge on any atom is 0.240 e. The number of benzene rings is 2. The summed E-state index contributed by atoms with van der Waals surface area (Å²) in [7, 11) is 0. The topological polar surface area (TPSA) is 112 Å². The number of nitrogens with zero attached hydrogens (tertiary/aromatic N) is 3. The van der Waals surface area contributed by atoms with E-state index in [1.54, 1.807) is 41.0 Å². The van der Waals surface area contributed by atoms with Crippen LogP contribution in [-0.4, -0.2) is 51.2 Å². The van der Waals surface area contributed by atoms with Crippen molar-refractivity contribution in [2.45, 2.75) is 31.7 Å². The van der Waals surface area contributed by atoms with Gasteiger partial charge >= 0.3 is 0 Å². The summed E-state index contributed by atoms with van der Waals surface area (Å²) in [6, 6.07) is 17.7. The van der Waals surface area contributed by atoms with Crippen molar-refractivity contribution in [3.8, 4) is 22.8 Å². The van der Waals surface area contributed by atoms with E-state index in [9.17, 15) is 9.59 Å². The molecule has 2 amide bonds. The molecule has 3 N–H and O–H groups in total. The van der Waals surface area contributed by atoms with Crippen LogP contribution in [0.15, 0.2) is 73.1 Å². The second kappa shape index (κ2) is 14.9. The SMILES string of the molecule is CSCCc1c(-c2cccnc2)nn(-c2ccc(Cl)c(Cl)c2)c1OCCCC(=O)NC(Cc1ccccc1)C(N)=O. The van der Waals surface area contributed by atoms with Crippen LogP contribution < -0.4 is 15.8 Å². The van der Waals surface area contributed by atoms with Crippen molar-refractivity contribution in [3.05, 3.63) is 94.2 Å². The summed E-state index contributed by atoms with van der Waals surface area (Å²) < 4.78 is 8.03. The fourth-order valence-corrected chi connectivity index (χ4v) is 4.98. The van der Waals surface area contributed by atoms with E-state index >= 15 is 0 Å². The van der Waals surface area contributed by atoms with Crippen LogP contribution in [0.5, 0.6) is 5.88 Å². The maximum atomic E-state index is 12.7. The van der Waals surface area contributed by atoms with Gasteiger partial charge in [0.1, 0.15) is 11.7 Å². The fourth-order valence-electron chi connectivity index (χ4n) is 4.28. The molecule has 0 aliphatic carbocycles. The number of carbonyl (C=O) groups is 2. The summed E-state index contributed by atoms with van der Waals surface area (Å²) in [5.74, 6) is 0.570. The van der Waals surface area contributed by atoms with Crippen LogP contribution in [0.1, 0.15) is 24.0 Å². The van der Waals surface area contributed by atoms with Crippen LogP contribution in [0.2, 0.25) is 10.0 Å². The van der Waals surface area contributed by atoms with Crippen molar-refractivity contribution in [2.75, 3.05) is 18.6 Å². The minimum Gasteiger partial charge on any atom is -0.477 e. The number of nitrogens with one attached hydrogen (secondary N) is 1. The molecular weight excluding hydrogens is 581 g/mol. The fraction of sp³-hybridized carbons (Fsp3) is 0.267. The monoisotopic (exact) mass is 611 g/mol. The molecule has 4 rings (SSSR count). The van der Waals surface area contributed by atoms with E-state index in [1.165, 1.54) is 0 Å². The summed E-state index contributed by atoms with van der Waals surface area (Å²) in [4.78, 5) is 28.9. The van der Waals surface area contributed by atoms with E-state index in [0.29, 0.717) is 40.9 Å². The third kappa shape index (κ3) is 8.25. The lowest BCUT2D eigenvalue weighted by molar-refractivity contribution is -0.127. The zero-order valence-electron chi connectivity index (χ0n) is 22.6. The van der Waals surface area contributed by atoms with Crippen molar-refractivity contribution in [2.24, 2.45) is 5.73 Å². The van der Waals surface area contributed by atoms with Gasteiger partial charge in [0, 0.05) is 36.4 Å². The van der Waals surface area contributed by atoms with Crippen molar-refractivity contribution in [3.63, 3.8) is 0 Å². The Kier molecular flexibility index (Phi) is 11.1. The summed E-state index contributed by atoms with van der Waals surface area (Å²) in [5.41, 5.74) is 9.71. The van der Waals surface area contributed by atoms with Gasteiger partial charge in [-0.3, -0.25) is 14.6 Å². The van der Waals surface area contributed by atoms with Crippen LogP contribution >= 0.6 is 35.0 Å². The summed E-state index contributed by atoms with van der Waals surface area (Å²) in [5, 5.41) is 8.49. The van der Waals surface area contributed by atoms with Gasteiger partial charge < -0.3 is 15.8 Å². The molecule has 0 fully saturated rings. The number of halogens is 2. The molecular formula is C30H31Cl2N5O3S. The molecule has 41 heavy (non-hydrogen) atoms. The van der Waals surface area contributed by atoms with E-state index in [4.69, 9.17) is 38.8 Å². The molecule has 0 aliphatic heterocycles. The number of nitrogens with two attached hydrogens (primary N) is 1. The summed E-state index contributed by atoms with van der Waals surface area (Å²) in [6.45, 7) is 0.249. The summed E-state index contributed by atoms with van der Waals surface area (Å²) in [6.07, 6.45) is 7.15. The minimum atomic E-state index is -0.790. The third-order valence-corrected chi connectivity index (χ3v) is 7.67. The smallest absolute Gasteiger partial charge is 0.240 e. The van der Waals surface area contributed by atoms with Gasteiger partial charge in [-0.05, 0) is 60.7 Å². The molecule has 1 unspecified atom stereocenters. The maximum absolute atomic E-state index is 12.7. The van der Waals surface area contributed by atoms with E-state index in [1.807, 2.05) is 54.8 Å². The predicted molar refractivity (Wildman–Crippen MR) is 165 cm³/mol. The number of rotatable bonds is 14. The van der Waals surface area contributed by atoms with Crippen LogP contribution in [-0.2, 0) is 22.4 Å². The molecule has 0 radical (unpaired) electrons. The van der Waals surface area contributed by atoms with Crippen molar-refractivity contribution in [1.82, 2.24) is 20.1 Å². The Balaban J connectivity index is 1.51. The lowest BCUT2D eigenvalue weighted by atomic mass is 10.1. The number of primary amides is 1. The number of ether oxygens (including phenoxy) is 1. The first-order valence-corrected chi connectivity index (χ1v) is 15.2. The van der Waals surface area contributed by atoms with Gasteiger partial charge in [0.05, 0.1) is 22.3 Å². The average Bonchev–Trinajstić information content (AvgIpc) is 3.34. The molecule has 2 heterocycles. The molecule has 11 heteroatoms. The first-order chi connectivity index (χ1) is 19.9. The highest BCUT2D eigenvalue weighted by Gasteiger charge is 2.23. The Hall–Kier alpha value is -3.53. The van der Waals surface area contributed by atoms with Crippen molar-refractivity contribution < 1.29 is 14.3 Å². The van der Waals surface area contributed by atoms with Gasteiger partial charge in [-0.1, -0.05) is 53.5 Å².